The van der Waals surface area contributed by atoms with Crippen LogP contribution >= 0.6 is 0 Å². The first-order valence-corrected chi connectivity index (χ1v) is 8.26. The summed E-state index contributed by atoms with van der Waals surface area (Å²) >= 11 is 0. The molecule has 22 heavy (non-hydrogen) atoms. The van der Waals surface area contributed by atoms with Gasteiger partial charge in [-0.1, -0.05) is 43.7 Å². The molecule has 1 fully saturated rings. The molecule has 0 bridgehead atoms. The molecule has 0 aromatic heterocycles. The second-order valence-electron chi connectivity index (χ2n) is 6.13. The quantitative estimate of drug-likeness (QED) is 0.653. The van der Waals surface area contributed by atoms with E-state index in [2.05, 4.69) is 30.8 Å². The zero-order chi connectivity index (χ0) is 15.8. The van der Waals surface area contributed by atoms with E-state index < -0.39 is 5.67 Å². The summed E-state index contributed by atoms with van der Waals surface area (Å²) in [5, 5.41) is 0. The van der Waals surface area contributed by atoms with E-state index in [9.17, 15) is 4.39 Å². The lowest BCUT2D eigenvalue weighted by molar-refractivity contribution is -0.236. The third-order valence-electron chi connectivity index (χ3n) is 4.08. The fraction of sp³-hybridized carbons (Fsp3) is 0.579. The lowest BCUT2D eigenvalue weighted by Gasteiger charge is -2.34. The third kappa shape index (κ3) is 5.22. The van der Waals surface area contributed by atoms with Gasteiger partial charge in [0, 0.05) is 6.42 Å². The monoisotopic (exact) mass is 306 g/mol. The van der Waals surface area contributed by atoms with Crippen LogP contribution in [0.1, 0.15) is 43.7 Å². The molecule has 0 radical (unpaired) electrons. The van der Waals surface area contributed by atoms with Gasteiger partial charge in [0.15, 0.2) is 12.0 Å². The molecule has 0 N–H and O–H groups in total. The Balaban J connectivity index is 1.73. The molecule has 0 saturated carbocycles. The van der Waals surface area contributed by atoms with Crippen molar-refractivity contribution in [3.05, 3.63) is 48.0 Å². The van der Waals surface area contributed by atoms with E-state index in [4.69, 9.17) is 9.47 Å². The van der Waals surface area contributed by atoms with Gasteiger partial charge in [-0.25, -0.2) is 4.39 Å². The molecule has 1 heterocycles. The highest BCUT2D eigenvalue weighted by Crippen LogP contribution is 2.26. The SMILES string of the molecule is C=CCCc1ccc(CCC2OCC(F)(CCC)CO2)cc1. The van der Waals surface area contributed by atoms with Gasteiger partial charge in [0.05, 0.1) is 13.2 Å². The van der Waals surface area contributed by atoms with Crippen molar-refractivity contribution < 1.29 is 13.9 Å². The van der Waals surface area contributed by atoms with Crippen LogP contribution in [0.15, 0.2) is 36.9 Å². The minimum absolute atomic E-state index is 0.159. The van der Waals surface area contributed by atoms with Crippen molar-refractivity contribution in [3.8, 4) is 0 Å². The molecule has 1 aromatic rings. The van der Waals surface area contributed by atoms with Crippen LogP contribution in [0.25, 0.3) is 0 Å². The largest absolute Gasteiger partial charge is 0.349 e. The van der Waals surface area contributed by atoms with E-state index in [0.29, 0.717) is 6.42 Å². The van der Waals surface area contributed by atoms with Crippen LogP contribution < -0.4 is 0 Å². The Morgan fingerprint density at radius 3 is 2.32 bits per heavy atom. The number of ether oxygens (including phenoxy) is 2. The normalized spacial score (nSPS) is 25.1. The minimum atomic E-state index is -1.29. The molecule has 0 unspecified atom stereocenters. The molecule has 1 aromatic carbocycles. The summed E-state index contributed by atoms with van der Waals surface area (Å²) in [6.45, 7) is 6.04. The third-order valence-corrected chi connectivity index (χ3v) is 4.08. The first kappa shape index (κ1) is 17.2. The van der Waals surface area contributed by atoms with Crippen molar-refractivity contribution >= 4 is 0 Å². The first-order chi connectivity index (χ1) is 10.6. The van der Waals surface area contributed by atoms with Crippen LogP contribution in [0.4, 0.5) is 4.39 Å². The molecule has 0 amide bonds. The fourth-order valence-corrected chi connectivity index (χ4v) is 2.76. The summed E-state index contributed by atoms with van der Waals surface area (Å²) in [5.74, 6) is 0. The molecule has 0 atom stereocenters. The number of hydrogen-bond donors (Lipinski definition) is 0. The maximum Gasteiger partial charge on any atom is 0.158 e. The van der Waals surface area contributed by atoms with Crippen LogP contribution in [0.2, 0.25) is 0 Å². The van der Waals surface area contributed by atoms with E-state index in [-0.39, 0.29) is 19.5 Å². The predicted molar refractivity (Wildman–Crippen MR) is 87.7 cm³/mol. The Labute approximate surface area is 133 Å². The van der Waals surface area contributed by atoms with E-state index in [0.717, 1.165) is 32.1 Å². The summed E-state index contributed by atoms with van der Waals surface area (Å²) in [6.07, 6.45) is 6.68. The zero-order valence-electron chi connectivity index (χ0n) is 13.5. The number of alkyl halides is 1. The summed E-state index contributed by atoms with van der Waals surface area (Å²) in [5.41, 5.74) is 1.30. The number of allylic oxidation sites excluding steroid dienone is 1. The van der Waals surface area contributed by atoms with Crippen molar-refractivity contribution in [2.45, 2.75) is 57.4 Å². The topological polar surface area (TPSA) is 18.5 Å². The molecule has 2 rings (SSSR count). The molecular formula is C19H27FO2. The van der Waals surface area contributed by atoms with Crippen molar-refractivity contribution in [2.75, 3.05) is 13.2 Å². The van der Waals surface area contributed by atoms with E-state index in [1.807, 2.05) is 13.0 Å². The van der Waals surface area contributed by atoms with Gasteiger partial charge < -0.3 is 9.47 Å². The molecule has 2 nitrogen and oxygen atoms in total. The molecule has 1 saturated heterocycles. The minimum Gasteiger partial charge on any atom is -0.349 e. The average molecular weight is 306 g/mol. The highest BCUT2D eigenvalue weighted by Gasteiger charge is 2.35. The average Bonchev–Trinajstić information content (AvgIpc) is 2.53. The summed E-state index contributed by atoms with van der Waals surface area (Å²) in [4.78, 5) is 0. The molecule has 1 aliphatic rings. The van der Waals surface area contributed by atoms with Gasteiger partial charge in [0.25, 0.3) is 0 Å². The number of benzene rings is 1. The van der Waals surface area contributed by atoms with Crippen LogP contribution in [0.5, 0.6) is 0 Å². The van der Waals surface area contributed by atoms with Gasteiger partial charge >= 0.3 is 0 Å². The Kier molecular flexibility index (Phi) is 6.59. The van der Waals surface area contributed by atoms with Gasteiger partial charge in [0.2, 0.25) is 0 Å². The number of hydrogen-bond acceptors (Lipinski definition) is 2. The second-order valence-corrected chi connectivity index (χ2v) is 6.13. The van der Waals surface area contributed by atoms with Crippen LogP contribution in [0, 0.1) is 0 Å². The molecule has 0 aliphatic carbocycles. The molecular weight excluding hydrogens is 279 g/mol. The van der Waals surface area contributed by atoms with Crippen molar-refractivity contribution in [3.63, 3.8) is 0 Å². The van der Waals surface area contributed by atoms with Gasteiger partial charge in [-0.05, 0) is 36.8 Å². The van der Waals surface area contributed by atoms with Gasteiger partial charge in [-0.2, -0.15) is 0 Å². The smallest absolute Gasteiger partial charge is 0.158 e. The van der Waals surface area contributed by atoms with Crippen LogP contribution in [-0.4, -0.2) is 25.2 Å². The highest BCUT2D eigenvalue weighted by molar-refractivity contribution is 5.23. The van der Waals surface area contributed by atoms with Crippen LogP contribution in [0.3, 0.4) is 0 Å². The number of aryl methyl sites for hydroxylation is 2. The Morgan fingerprint density at radius 1 is 1.18 bits per heavy atom. The molecule has 1 aliphatic heterocycles. The van der Waals surface area contributed by atoms with Crippen LogP contribution in [-0.2, 0) is 22.3 Å². The second kappa shape index (κ2) is 8.44. The van der Waals surface area contributed by atoms with Gasteiger partial charge in [-0.3, -0.25) is 0 Å². The van der Waals surface area contributed by atoms with E-state index in [1.165, 1.54) is 11.1 Å². The lowest BCUT2D eigenvalue weighted by Crippen LogP contribution is -2.44. The fourth-order valence-electron chi connectivity index (χ4n) is 2.76. The van der Waals surface area contributed by atoms with Crippen molar-refractivity contribution in [1.29, 1.82) is 0 Å². The van der Waals surface area contributed by atoms with Gasteiger partial charge in [0.1, 0.15) is 0 Å². The Bertz CT molecular complexity index is 447. The highest BCUT2D eigenvalue weighted by atomic mass is 19.1. The van der Waals surface area contributed by atoms with E-state index in [1.54, 1.807) is 0 Å². The molecule has 0 spiro atoms. The summed E-state index contributed by atoms with van der Waals surface area (Å²) in [6, 6.07) is 8.63. The molecule has 122 valence electrons. The Morgan fingerprint density at radius 2 is 1.77 bits per heavy atom. The molecule has 3 heteroatoms. The summed E-state index contributed by atoms with van der Waals surface area (Å²) in [7, 11) is 0. The number of halogens is 1. The maximum atomic E-state index is 14.2. The first-order valence-electron chi connectivity index (χ1n) is 8.26. The van der Waals surface area contributed by atoms with Gasteiger partial charge in [-0.15, -0.1) is 6.58 Å². The van der Waals surface area contributed by atoms with E-state index >= 15 is 0 Å². The summed E-state index contributed by atoms with van der Waals surface area (Å²) < 4.78 is 25.3. The van der Waals surface area contributed by atoms with Crippen molar-refractivity contribution in [1.82, 2.24) is 0 Å². The zero-order valence-corrected chi connectivity index (χ0v) is 13.5. The Hall–Kier alpha value is -1.19. The predicted octanol–water partition coefficient (Wildman–Crippen LogP) is 4.62. The van der Waals surface area contributed by atoms with Crippen molar-refractivity contribution in [2.24, 2.45) is 0 Å². The standard InChI is InChI=1S/C19H27FO2/c1-3-5-6-16-7-9-17(10-8-16)11-12-18-21-14-19(20,13-4-2)15-22-18/h3,7-10,18H,1,4-6,11-15H2,2H3. The number of rotatable bonds is 8. The lowest BCUT2D eigenvalue weighted by atomic mass is 10.0. The maximum absolute atomic E-state index is 14.2.